The molecule has 32 heavy (non-hydrogen) atoms. The first-order valence-electron chi connectivity index (χ1n) is 11.2. The molecule has 0 aliphatic carbocycles. The van der Waals surface area contributed by atoms with E-state index in [1.54, 1.807) is 11.1 Å². The maximum atomic E-state index is 12.7. The number of para-hydroxylation sites is 1. The van der Waals surface area contributed by atoms with Crippen LogP contribution in [0.5, 0.6) is 0 Å². The number of nitrogens with zero attached hydrogens (tertiary/aromatic N) is 6. The highest BCUT2D eigenvalue weighted by molar-refractivity contribution is 5.79. The lowest BCUT2D eigenvalue weighted by Gasteiger charge is -2.36. The maximum absolute atomic E-state index is 12.7. The van der Waals surface area contributed by atoms with Gasteiger partial charge in [-0.3, -0.25) is 19.4 Å². The fourth-order valence-corrected chi connectivity index (χ4v) is 4.04. The molecule has 2 amide bonds. The van der Waals surface area contributed by atoms with Gasteiger partial charge in [-0.1, -0.05) is 18.2 Å². The van der Waals surface area contributed by atoms with Gasteiger partial charge in [-0.25, -0.2) is 4.68 Å². The fourth-order valence-electron chi connectivity index (χ4n) is 4.04. The Hall–Kier alpha value is -2.75. The van der Waals surface area contributed by atoms with E-state index < -0.39 is 0 Å². The highest BCUT2D eigenvalue weighted by atomic mass is 16.5. The molecular formula is C23H32N6O3. The Morgan fingerprint density at radius 1 is 0.969 bits per heavy atom. The van der Waals surface area contributed by atoms with E-state index in [2.05, 4.69) is 14.9 Å². The van der Waals surface area contributed by atoms with Gasteiger partial charge in [-0.2, -0.15) is 5.10 Å². The summed E-state index contributed by atoms with van der Waals surface area (Å²) in [6, 6.07) is 9.92. The lowest BCUT2D eigenvalue weighted by Crippen LogP contribution is -2.53. The van der Waals surface area contributed by atoms with Crippen molar-refractivity contribution in [1.29, 1.82) is 0 Å². The molecule has 1 aromatic carbocycles. The number of ether oxygens (including phenoxy) is 1. The van der Waals surface area contributed by atoms with Crippen molar-refractivity contribution in [3.63, 3.8) is 0 Å². The molecule has 9 heteroatoms. The monoisotopic (exact) mass is 440 g/mol. The molecule has 0 saturated carbocycles. The molecule has 0 unspecified atom stereocenters. The predicted molar refractivity (Wildman–Crippen MR) is 120 cm³/mol. The number of morpholine rings is 1. The third-order valence-electron chi connectivity index (χ3n) is 6.05. The number of hydrogen-bond acceptors (Lipinski definition) is 6. The average molecular weight is 441 g/mol. The second-order valence-electron chi connectivity index (χ2n) is 8.42. The Morgan fingerprint density at radius 3 is 2.38 bits per heavy atom. The summed E-state index contributed by atoms with van der Waals surface area (Å²) in [6.45, 7) is 7.16. The molecule has 4 rings (SSSR count). The second-order valence-corrected chi connectivity index (χ2v) is 8.42. The van der Waals surface area contributed by atoms with Crippen LogP contribution in [0.25, 0.3) is 5.69 Å². The first-order valence-corrected chi connectivity index (χ1v) is 11.2. The highest BCUT2D eigenvalue weighted by Gasteiger charge is 2.25. The third-order valence-corrected chi connectivity index (χ3v) is 6.05. The Labute approximate surface area is 189 Å². The topological polar surface area (TPSA) is 74.2 Å². The third kappa shape index (κ3) is 5.93. The summed E-state index contributed by atoms with van der Waals surface area (Å²) in [7, 11) is 1.82. The Balaban J connectivity index is 1.20. The van der Waals surface area contributed by atoms with Gasteiger partial charge in [-0.05, 0) is 12.1 Å². The summed E-state index contributed by atoms with van der Waals surface area (Å²) in [5.74, 6) is 0.246. The summed E-state index contributed by atoms with van der Waals surface area (Å²) in [5.41, 5.74) is 1.98. The van der Waals surface area contributed by atoms with Crippen LogP contribution < -0.4 is 0 Å². The van der Waals surface area contributed by atoms with Crippen LogP contribution in [0.3, 0.4) is 0 Å². The minimum Gasteiger partial charge on any atom is -0.379 e. The van der Waals surface area contributed by atoms with Crippen molar-refractivity contribution < 1.29 is 14.3 Å². The number of amides is 2. The van der Waals surface area contributed by atoms with Crippen molar-refractivity contribution in [2.45, 2.75) is 6.54 Å². The summed E-state index contributed by atoms with van der Waals surface area (Å²) in [4.78, 5) is 33.2. The number of likely N-dealkylation sites (N-methyl/N-ethyl adjacent to an activating group) is 1. The van der Waals surface area contributed by atoms with Crippen molar-refractivity contribution in [3.8, 4) is 5.69 Å². The molecule has 0 atom stereocenters. The van der Waals surface area contributed by atoms with Crippen molar-refractivity contribution in [1.82, 2.24) is 29.4 Å². The molecule has 1 aromatic heterocycles. The zero-order valence-electron chi connectivity index (χ0n) is 18.7. The van der Waals surface area contributed by atoms with E-state index in [-0.39, 0.29) is 11.8 Å². The number of rotatable bonds is 7. The van der Waals surface area contributed by atoms with Gasteiger partial charge >= 0.3 is 0 Å². The SMILES string of the molecule is CN(Cc1cnn(-c2ccccc2)c1)C(=O)CN1CCN(C(=O)CN2CCOCC2)CC1. The van der Waals surface area contributed by atoms with Crippen LogP contribution in [0, 0.1) is 0 Å². The van der Waals surface area contributed by atoms with Gasteiger partial charge in [0.2, 0.25) is 11.8 Å². The van der Waals surface area contributed by atoms with Crippen molar-refractivity contribution in [2.24, 2.45) is 0 Å². The van der Waals surface area contributed by atoms with E-state index in [1.165, 1.54) is 0 Å². The molecule has 2 aliphatic heterocycles. The zero-order chi connectivity index (χ0) is 22.3. The van der Waals surface area contributed by atoms with E-state index in [1.807, 2.05) is 53.2 Å². The number of benzene rings is 1. The second kappa shape index (κ2) is 10.7. The number of carbonyl (C=O) groups excluding carboxylic acids is 2. The summed E-state index contributed by atoms with van der Waals surface area (Å²) < 4.78 is 7.16. The highest BCUT2D eigenvalue weighted by Crippen LogP contribution is 2.10. The smallest absolute Gasteiger partial charge is 0.236 e. The van der Waals surface area contributed by atoms with Crippen LogP contribution in [0.4, 0.5) is 0 Å². The van der Waals surface area contributed by atoms with Gasteiger partial charge in [0.25, 0.3) is 0 Å². The predicted octanol–water partition coefficient (Wildman–Crippen LogP) is 0.307. The Morgan fingerprint density at radius 2 is 1.66 bits per heavy atom. The standard InChI is InChI=1S/C23H32N6O3/c1-25(16-20-15-24-29(17-20)21-5-3-2-4-6-21)22(30)18-26-7-9-28(10-8-26)23(31)19-27-11-13-32-14-12-27/h2-6,15,17H,7-14,16,18-19H2,1H3. The van der Waals surface area contributed by atoms with Gasteiger partial charge in [0.15, 0.2) is 0 Å². The first kappa shape index (κ1) is 22.4. The van der Waals surface area contributed by atoms with Gasteiger partial charge in [0.1, 0.15) is 0 Å². The van der Waals surface area contributed by atoms with Crippen LogP contribution >= 0.6 is 0 Å². The molecule has 2 saturated heterocycles. The summed E-state index contributed by atoms with van der Waals surface area (Å²) >= 11 is 0. The van der Waals surface area contributed by atoms with Crippen LogP contribution in [-0.2, 0) is 20.9 Å². The van der Waals surface area contributed by atoms with Crippen LogP contribution in [0.2, 0.25) is 0 Å². The van der Waals surface area contributed by atoms with E-state index >= 15 is 0 Å². The van der Waals surface area contributed by atoms with E-state index in [0.717, 1.165) is 37.4 Å². The lowest BCUT2D eigenvalue weighted by atomic mass is 10.2. The molecule has 2 aliphatic rings. The van der Waals surface area contributed by atoms with Crippen LogP contribution in [0.15, 0.2) is 42.7 Å². The number of carbonyl (C=O) groups is 2. The summed E-state index contributed by atoms with van der Waals surface area (Å²) in [6.07, 6.45) is 3.76. The molecule has 9 nitrogen and oxygen atoms in total. The van der Waals surface area contributed by atoms with E-state index in [0.29, 0.717) is 45.9 Å². The molecule has 2 fully saturated rings. The quantitative estimate of drug-likeness (QED) is 0.617. The number of aromatic nitrogens is 2. The van der Waals surface area contributed by atoms with Crippen molar-refractivity contribution >= 4 is 11.8 Å². The van der Waals surface area contributed by atoms with Crippen molar-refractivity contribution in [2.75, 3.05) is 72.6 Å². The molecule has 0 spiro atoms. The maximum Gasteiger partial charge on any atom is 0.236 e. The van der Waals surface area contributed by atoms with Gasteiger partial charge in [-0.15, -0.1) is 0 Å². The van der Waals surface area contributed by atoms with Gasteiger partial charge < -0.3 is 14.5 Å². The van der Waals surface area contributed by atoms with Crippen LogP contribution in [0.1, 0.15) is 5.56 Å². The molecule has 2 aromatic rings. The number of piperazine rings is 1. The Bertz CT molecular complexity index is 888. The zero-order valence-corrected chi connectivity index (χ0v) is 18.7. The van der Waals surface area contributed by atoms with Crippen molar-refractivity contribution in [3.05, 3.63) is 48.3 Å². The fraction of sp³-hybridized carbons (Fsp3) is 0.522. The Kier molecular flexibility index (Phi) is 7.51. The minimum atomic E-state index is 0.0746. The molecule has 3 heterocycles. The summed E-state index contributed by atoms with van der Waals surface area (Å²) in [5, 5.41) is 4.40. The van der Waals surface area contributed by atoms with Crippen LogP contribution in [-0.4, -0.2) is 114 Å². The minimum absolute atomic E-state index is 0.0746. The molecule has 0 N–H and O–H groups in total. The largest absolute Gasteiger partial charge is 0.379 e. The van der Waals surface area contributed by atoms with E-state index in [4.69, 9.17) is 4.74 Å². The van der Waals surface area contributed by atoms with Gasteiger partial charge in [0.05, 0.1) is 38.2 Å². The lowest BCUT2D eigenvalue weighted by molar-refractivity contribution is -0.136. The molecule has 0 radical (unpaired) electrons. The molecule has 172 valence electrons. The molecule has 0 bridgehead atoms. The number of hydrogen-bond donors (Lipinski definition) is 0. The first-order chi connectivity index (χ1) is 15.6. The average Bonchev–Trinajstić information content (AvgIpc) is 3.29. The normalized spacial score (nSPS) is 18.0. The van der Waals surface area contributed by atoms with Gasteiger partial charge in [0, 0.05) is 64.6 Å². The molecular weight excluding hydrogens is 408 g/mol. The van der Waals surface area contributed by atoms with E-state index in [9.17, 15) is 9.59 Å².